The highest BCUT2D eigenvalue weighted by Gasteiger charge is 2.20. The summed E-state index contributed by atoms with van der Waals surface area (Å²) in [4.78, 5) is 21.5. The molecule has 0 radical (unpaired) electrons. The number of β-amino-alcohol motifs (C(OH)–C–C–N with tert-alkyl or cyclic N) is 1. The number of anilines is 1. The van der Waals surface area contributed by atoms with Crippen molar-refractivity contribution in [2.24, 2.45) is 0 Å². The minimum Gasteiger partial charge on any atom is -0.391 e. The van der Waals surface area contributed by atoms with Gasteiger partial charge in [0.2, 0.25) is 0 Å². The highest BCUT2D eigenvalue weighted by atomic mass is 16.6. The summed E-state index contributed by atoms with van der Waals surface area (Å²) in [5.41, 5.74) is 1.42. The van der Waals surface area contributed by atoms with E-state index in [0.29, 0.717) is 17.9 Å². The standard InChI is InChI=1S/C16H18N4O3/c1-11-8-15(19-7-3-6-14(21)10-19)18-16(17-11)12-4-2-5-13(9-12)20(22)23/h2,4-5,8-9,14,21H,3,6-7,10H2,1H3/t14-/m1/s1. The minimum atomic E-state index is -0.429. The molecule has 2 aromatic rings. The first-order valence-electron chi connectivity index (χ1n) is 7.56. The number of nitro benzene ring substituents is 1. The molecule has 120 valence electrons. The van der Waals surface area contributed by atoms with Crippen LogP contribution >= 0.6 is 0 Å². The molecule has 1 aliphatic heterocycles. The molecule has 0 unspecified atom stereocenters. The van der Waals surface area contributed by atoms with E-state index in [1.165, 1.54) is 12.1 Å². The largest absolute Gasteiger partial charge is 0.391 e. The smallest absolute Gasteiger partial charge is 0.270 e. The highest BCUT2D eigenvalue weighted by molar-refractivity contribution is 5.61. The summed E-state index contributed by atoms with van der Waals surface area (Å²) < 4.78 is 0. The molecule has 1 aliphatic rings. The third-order valence-corrected chi connectivity index (χ3v) is 3.88. The van der Waals surface area contributed by atoms with Crippen molar-refractivity contribution in [1.29, 1.82) is 0 Å². The number of hydrogen-bond donors (Lipinski definition) is 1. The van der Waals surface area contributed by atoms with Crippen LogP contribution in [-0.4, -0.2) is 39.2 Å². The van der Waals surface area contributed by atoms with Crippen LogP contribution in [0.25, 0.3) is 11.4 Å². The van der Waals surface area contributed by atoms with Crippen molar-refractivity contribution < 1.29 is 10.0 Å². The molecule has 0 aliphatic carbocycles. The molecule has 2 heterocycles. The molecule has 3 rings (SSSR count). The topological polar surface area (TPSA) is 92.4 Å². The fourth-order valence-corrected chi connectivity index (χ4v) is 2.76. The van der Waals surface area contributed by atoms with Crippen LogP contribution in [0.3, 0.4) is 0 Å². The summed E-state index contributed by atoms with van der Waals surface area (Å²) in [5.74, 6) is 1.21. The molecule has 1 aromatic carbocycles. The van der Waals surface area contributed by atoms with E-state index >= 15 is 0 Å². The van der Waals surface area contributed by atoms with Crippen molar-refractivity contribution in [3.8, 4) is 11.4 Å². The van der Waals surface area contributed by atoms with Gasteiger partial charge in [0, 0.05) is 42.5 Å². The van der Waals surface area contributed by atoms with Crippen LogP contribution in [0, 0.1) is 17.0 Å². The van der Waals surface area contributed by atoms with Crippen molar-refractivity contribution in [1.82, 2.24) is 9.97 Å². The van der Waals surface area contributed by atoms with Crippen LogP contribution in [0.2, 0.25) is 0 Å². The third-order valence-electron chi connectivity index (χ3n) is 3.88. The first-order chi connectivity index (χ1) is 11.0. The Kier molecular flexibility index (Phi) is 4.20. The second-order valence-corrected chi connectivity index (χ2v) is 5.74. The predicted molar refractivity (Wildman–Crippen MR) is 86.3 cm³/mol. The Balaban J connectivity index is 1.97. The number of nitrogens with zero attached hydrogens (tertiary/aromatic N) is 4. The molecular formula is C16H18N4O3. The molecule has 1 saturated heterocycles. The summed E-state index contributed by atoms with van der Waals surface area (Å²) in [7, 11) is 0. The lowest BCUT2D eigenvalue weighted by atomic mass is 10.1. The second kappa shape index (κ2) is 6.29. The first-order valence-corrected chi connectivity index (χ1v) is 7.56. The number of aryl methyl sites for hydroxylation is 1. The van der Waals surface area contributed by atoms with E-state index < -0.39 is 4.92 Å². The highest BCUT2D eigenvalue weighted by Crippen LogP contribution is 2.25. The van der Waals surface area contributed by atoms with Crippen molar-refractivity contribution in [2.45, 2.75) is 25.9 Å². The zero-order valence-electron chi connectivity index (χ0n) is 12.8. The van der Waals surface area contributed by atoms with Crippen LogP contribution in [0.15, 0.2) is 30.3 Å². The lowest BCUT2D eigenvalue weighted by Crippen LogP contribution is -2.38. The number of benzene rings is 1. The fraction of sp³-hybridized carbons (Fsp3) is 0.375. The minimum absolute atomic E-state index is 0.0163. The molecule has 1 fully saturated rings. The average Bonchev–Trinajstić information content (AvgIpc) is 2.54. The van der Waals surface area contributed by atoms with Crippen molar-refractivity contribution >= 4 is 11.5 Å². The van der Waals surface area contributed by atoms with Crippen molar-refractivity contribution in [3.63, 3.8) is 0 Å². The first kappa shape index (κ1) is 15.4. The average molecular weight is 314 g/mol. The molecule has 1 aromatic heterocycles. The van der Waals surface area contributed by atoms with Crippen LogP contribution < -0.4 is 4.90 Å². The van der Waals surface area contributed by atoms with Crippen LogP contribution in [-0.2, 0) is 0 Å². The van der Waals surface area contributed by atoms with Gasteiger partial charge in [-0.1, -0.05) is 12.1 Å². The lowest BCUT2D eigenvalue weighted by molar-refractivity contribution is -0.384. The normalized spacial score (nSPS) is 18.0. The molecule has 0 saturated carbocycles. The SMILES string of the molecule is Cc1cc(N2CCC[C@@H](O)C2)nc(-c2cccc([N+](=O)[O-])c2)n1. The Morgan fingerprint density at radius 1 is 1.35 bits per heavy atom. The lowest BCUT2D eigenvalue weighted by Gasteiger charge is -2.31. The van der Waals surface area contributed by atoms with Gasteiger partial charge in [-0.25, -0.2) is 9.97 Å². The Morgan fingerprint density at radius 2 is 2.17 bits per heavy atom. The van der Waals surface area contributed by atoms with Crippen molar-refractivity contribution in [3.05, 3.63) is 46.1 Å². The van der Waals surface area contributed by atoms with Crippen LogP contribution in [0.1, 0.15) is 18.5 Å². The molecule has 0 spiro atoms. The van der Waals surface area contributed by atoms with E-state index in [4.69, 9.17) is 0 Å². The zero-order valence-corrected chi connectivity index (χ0v) is 12.8. The summed E-state index contributed by atoms with van der Waals surface area (Å²) in [6.07, 6.45) is 1.37. The van der Waals surface area contributed by atoms with E-state index in [-0.39, 0.29) is 11.8 Å². The number of rotatable bonds is 3. The summed E-state index contributed by atoms with van der Waals surface area (Å²) >= 11 is 0. The number of aliphatic hydroxyl groups excluding tert-OH is 1. The molecule has 0 bridgehead atoms. The number of aromatic nitrogens is 2. The summed E-state index contributed by atoms with van der Waals surface area (Å²) in [6.45, 7) is 3.25. The van der Waals surface area contributed by atoms with Gasteiger partial charge in [0.05, 0.1) is 11.0 Å². The molecular weight excluding hydrogens is 296 g/mol. The molecule has 1 N–H and O–H groups in total. The number of piperidine rings is 1. The Morgan fingerprint density at radius 3 is 2.91 bits per heavy atom. The Bertz CT molecular complexity index is 735. The second-order valence-electron chi connectivity index (χ2n) is 5.74. The van der Waals surface area contributed by atoms with Gasteiger partial charge in [-0.05, 0) is 19.8 Å². The quantitative estimate of drug-likeness (QED) is 0.690. The summed E-state index contributed by atoms with van der Waals surface area (Å²) in [6, 6.07) is 8.18. The van der Waals surface area contributed by atoms with Gasteiger partial charge in [0.15, 0.2) is 5.82 Å². The number of non-ortho nitro benzene ring substituents is 1. The van der Waals surface area contributed by atoms with Gasteiger partial charge in [0.1, 0.15) is 5.82 Å². The molecule has 0 amide bonds. The molecule has 7 nitrogen and oxygen atoms in total. The molecule has 23 heavy (non-hydrogen) atoms. The van der Waals surface area contributed by atoms with Crippen LogP contribution in [0.5, 0.6) is 0 Å². The van der Waals surface area contributed by atoms with Gasteiger partial charge in [-0.3, -0.25) is 10.1 Å². The number of aliphatic hydroxyl groups is 1. The number of nitro groups is 1. The van der Waals surface area contributed by atoms with E-state index in [1.807, 2.05) is 17.9 Å². The van der Waals surface area contributed by atoms with E-state index in [1.54, 1.807) is 12.1 Å². The molecule has 7 heteroatoms. The predicted octanol–water partition coefficient (Wildman–Crippen LogP) is 2.32. The maximum Gasteiger partial charge on any atom is 0.270 e. The van der Waals surface area contributed by atoms with Gasteiger partial charge in [-0.15, -0.1) is 0 Å². The number of hydrogen-bond acceptors (Lipinski definition) is 6. The van der Waals surface area contributed by atoms with Gasteiger partial charge in [-0.2, -0.15) is 0 Å². The monoisotopic (exact) mass is 314 g/mol. The van der Waals surface area contributed by atoms with E-state index in [0.717, 1.165) is 30.9 Å². The Labute approximate surface area is 133 Å². The zero-order chi connectivity index (χ0) is 16.4. The van der Waals surface area contributed by atoms with Gasteiger partial charge < -0.3 is 10.0 Å². The maximum atomic E-state index is 10.9. The van der Waals surface area contributed by atoms with Crippen LogP contribution in [0.4, 0.5) is 11.5 Å². The van der Waals surface area contributed by atoms with E-state index in [9.17, 15) is 15.2 Å². The fourth-order valence-electron chi connectivity index (χ4n) is 2.76. The summed E-state index contributed by atoms with van der Waals surface area (Å²) in [5, 5.41) is 20.8. The van der Waals surface area contributed by atoms with Gasteiger partial charge in [0.25, 0.3) is 5.69 Å². The van der Waals surface area contributed by atoms with Crippen molar-refractivity contribution in [2.75, 3.05) is 18.0 Å². The Hall–Kier alpha value is -2.54. The maximum absolute atomic E-state index is 10.9. The van der Waals surface area contributed by atoms with Gasteiger partial charge >= 0.3 is 0 Å². The van der Waals surface area contributed by atoms with E-state index in [2.05, 4.69) is 9.97 Å². The molecule has 1 atom stereocenters. The third kappa shape index (κ3) is 3.45.